The van der Waals surface area contributed by atoms with Crippen molar-refractivity contribution >= 4 is 29.2 Å². The van der Waals surface area contributed by atoms with Crippen LogP contribution in [0.1, 0.15) is 26.2 Å². The third kappa shape index (κ3) is 3.81. The van der Waals surface area contributed by atoms with E-state index in [4.69, 9.17) is 5.11 Å². The van der Waals surface area contributed by atoms with E-state index >= 15 is 0 Å². The van der Waals surface area contributed by atoms with E-state index in [1.165, 1.54) is 6.92 Å². The first-order valence-electron chi connectivity index (χ1n) is 6.88. The maximum Gasteiger partial charge on any atom is 0.307 e. The zero-order valence-electron chi connectivity index (χ0n) is 11.8. The van der Waals surface area contributed by atoms with Crippen LogP contribution in [0.15, 0.2) is 24.3 Å². The van der Waals surface area contributed by atoms with E-state index in [9.17, 15) is 14.4 Å². The molecule has 0 aromatic heterocycles. The molecule has 0 radical (unpaired) electrons. The maximum atomic E-state index is 12.2. The molecule has 0 aliphatic heterocycles. The predicted molar refractivity (Wildman–Crippen MR) is 77.8 cm³/mol. The summed E-state index contributed by atoms with van der Waals surface area (Å²) in [6, 6.07) is 6.77. The minimum Gasteiger partial charge on any atom is -0.481 e. The fourth-order valence-electron chi connectivity index (χ4n) is 2.68. The van der Waals surface area contributed by atoms with Gasteiger partial charge in [-0.2, -0.15) is 0 Å². The van der Waals surface area contributed by atoms with E-state index in [0.717, 1.165) is 6.42 Å². The Bertz CT molecular complexity index is 571. The highest BCUT2D eigenvalue weighted by molar-refractivity contribution is 5.96. The minimum absolute atomic E-state index is 0.194. The van der Waals surface area contributed by atoms with Crippen LogP contribution in [0, 0.1) is 11.8 Å². The number of aliphatic carboxylic acids is 1. The Hall–Kier alpha value is -2.37. The van der Waals surface area contributed by atoms with Crippen molar-refractivity contribution in [3.05, 3.63) is 24.3 Å². The predicted octanol–water partition coefficient (Wildman–Crippen LogP) is 2.08. The third-order valence-corrected chi connectivity index (χ3v) is 3.62. The van der Waals surface area contributed by atoms with Gasteiger partial charge in [-0.15, -0.1) is 0 Å². The Balaban J connectivity index is 2.05. The van der Waals surface area contributed by atoms with Crippen LogP contribution in [0.2, 0.25) is 0 Å². The maximum absolute atomic E-state index is 12.2. The number of carbonyl (C=O) groups is 3. The number of nitrogens with one attached hydrogen (secondary N) is 2. The van der Waals surface area contributed by atoms with Crippen molar-refractivity contribution in [2.75, 3.05) is 10.6 Å². The van der Waals surface area contributed by atoms with Crippen molar-refractivity contribution in [1.82, 2.24) is 0 Å². The van der Waals surface area contributed by atoms with Crippen molar-refractivity contribution in [3.8, 4) is 0 Å². The van der Waals surface area contributed by atoms with Crippen molar-refractivity contribution in [1.29, 1.82) is 0 Å². The normalized spacial score (nSPS) is 20.8. The van der Waals surface area contributed by atoms with E-state index < -0.39 is 17.8 Å². The molecule has 0 bridgehead atoms. The highest BCUT2D eigenvalue weighted by Gasteiger charge is 2.37. The van der Waals surface area contributed by atoms with E-state index in [2.05, 4.69) is 10.6 Å². The third-order valence-electron chi connectivity index (χ3n) is 3.62. The Kier molecular flexibility index (Phi) is 4.57. The molecule has 6 nitrogen and oxygen atoms in total. The largest absolute Gasteiger partial charge is 0.481 e. The summed E-state index contributed by atoms with van der Waals surface area (Å²) in [6.07, 6.45) is 1.88. The highest BCUT2D eigenvalue weighted by atomic mass is 16.4. The molecule has 0 saturated heterocycles. The number of hydrogen-bond donors (Lipinski definition) is 3. The number of anilines is 2. The average Bonchev–Trinajstić information content (AvgIpc) is 2.87. The second-order valence-corrected chi connectivity index (χ2v) is 5.23. The molecule has 1 fully saturated rings. The highest BCUT2D eigenvalue weighted by Crippen LogP contribution is 2.33. The quantitative estimate of drug-likeness (QED) is 0.791. The fourth-order valence-corrected chi connectivity index (χ4v) is 2.68. The second kappa shape index (κ2) is 6.39. The van der Waals surface area contributed by atoms with Gasteiger partial charge in [-0.1, -0.05) is 12.5 Å². The van der Waals surface area contributed by atoms with Gasteiger partial charge in [0, 0.05) is 18.3 Å². The molecule has 1 aromatic rings. The molecule has 2 atom stereocenters. The zero-order valence-corrected chi connectivity index (χ0v) is 11.8. The van der Waals surface area contributed by atoms with Crippen LogP contribution < -0.4 is 10.6 Å². The summed E-state index contributed by atoms with van der Waals surface area (Å²) < 4.78 is 0. The Morgan fingerprint density at radius 2 is 1.71 bits per heavy atom. The van der Waals surface area contributed by atoms with E-state index in [-0.39, 0.29) is 11.8 Å². The van der Waals surface area contributed by atoms with Crippen molar-refractivity contribution in [2.24, 2.45) is 11.8 Å². The minimum atomic E-state index is -0.917. The van der Waals surface area contributed by atoms with Gasteiger partial charge < -0.3 is 15.7 Å². The first-order chi connectivity index (χ1) is 9.97. The summed E-state index contributed by atoms with van der Waals surface area (Å²) in [4.78, 5) is 34.3. The zero-order chi connectivity index (χ0) is 15.4. The van der Waals surface area contributed by atoms with Gasteiger partial charge in [-0.3, -0.25) is 14.4 Å². The van der Waals surface area contributed by atoms with Gasteiger partial charge in [0.2, 0.25) is 11.8 Å². The molecule has 1 aliphatic rings. The summed E-state index contributed by atoms with van der Waals surface area (Å²) in [7, 11) is 0. The standard InChI is InChI=1S/C15H18N2O4/c1-9(18)16-10-4-2-5-11(8-10)17-14(19)12-6-3-7-13(12)15(20)21/h2,4-5,8,12-13H,3,6-7H2,1H3,(H,16,18)(H,17,19)(H,20,21)/t12-,13+/m1/s1. The molecular weight excluding hydrogens is 272 g/mol. The number of carbonyl (C=O) groups excluding carboxylic acids is 2. The van der Waals surface area contributed by atoms with Gasteiger partial charge in [-0.05, 0) is 31.0 Å². The molecular formula is C15H18N2O4. The van der Waals surface area contributed by atoms with Gasteiger partial charge in [0.05, 0.1) is 11.8 Å². The monoisotopic (exact) mass is 290 g/mol. The lowest BCUT2D eigenvalue weighted by molar-refractivity contribution is -0.145. The Morgan fingerprint density at radius 1 is 1.10 bits per heavy atom. The summed E-state index contributed by atoms with van der Waals surface area (Å²) in [5.41, 5.74) is 1.13. The van der Waals surface area contributed by atoms with Gasteiger partial charge in [-0.25, -0.2) is 0 Å². The smallest absolute Gasteiger partial charge is 0.307 e. The van der Waals surface area contributed by atoms with Crippen LogP contribution in [-0.4, -0.2) is 22.9 Å². The molecule has 2 rings (SSSR count). The number of carboxylic acid groups (broad SMARTS) is 1. The van der Waals surface area contributed by atoms with Crippen LogP contribution in [0.3, 0.4) is 0 Å². The summed E-state index contributed by atoms with van der Waals surface area (Å²) in [6.45, 7) is 1.40. The molecule has 1 aromatic carbocycles. The molecule has 1 aliphatic carbocycles. The first kappa shape index (κ1) is 15.0. The molecule has 0 heterocycles. The number of amides is 2. The number of carboxylic acids is 1. The molecule has 1 saturated carbocycles. The van der Waals surface area contributed by atoms with Crippen molar-refractivity contribution in [2.45, 2.75) is 26.2 Å². The van der Waals surface area contributed by atoms with Crippen LogP contribution in [-0.2, 0) is 14.4 Å². The van der Waals surface area contributed by atoms with Crippen LogP contribution in [0.5, 0.6) is 0 Å². The summed E-state index contributed by atoms with van der Waals surface area (Å²) in [5, 5.41) is 14.5. The van der Waals surface area contributed by atoms with E-state index in [1.54, 1.807) is 24.3 Å². The van der Waals surface area contributed by atoms with Gasteiger partial charge in [0.25, 0.3) is 0 Å². The fraction of sp³-hybridized carbons (Fsp3) is 0.400. The molecule has 6 heteroatoms. The van der Waals surface area contributed by atoms with Crippen molar-refractivity contribution in [3.63, 3.8) is 0 Å². The molecule has 21 heavy (non-hydrogen) atoms. The van der Waals surface area contributed by atoms with Gasteiger partial charge >= 0.3 is 5.97 Å². The van der Waals surface area contributed by atoms with Crippen LogP contribution in [0.25, 0.3) is 0 Å². The molecule has 2 amide bonds. The summed E-state index contributed by atoms with van der Waals surface area (Å²) in [5.74, 6) is -2.49. The molecule has 3 N–H and O–H groups in total. The number of hydrogen-bond acceptors (Lipinski definition) is 3. The van der Waals surface area contributed by atoms with Gasteiger partial charge in [0.15, 0.2) is 0 Å². The van der Waals surface area contributed by atoms with Crippen molar-refractivity contribution < 1.29 is 19.5 Å². The topological polar surface area (TPSA) is 95.5 Å². The van der Waals surface area contributed by atoms with Crippen LogP contribution in [0.4, 0.5) is 11.4 Å². The lowest BCUT2D eigenvalue weighted by Crippen LogP contribution is -2.30. The number of benzene rings is 1. The first-order valence-corrected chi connectivity index (χ1v) is 6.88. The van der Waals surface area contributed by atoms with E-state index in [1.807, 2.05) is 0 Å². The lowest BCUT2D eigenvalue weighted by atomic mass is 9.95. The SMILES string of the molecule is CC(=O)Nc1cccc(NC(=O)[C@@H]2CCC[C@@H]2C(=O)O)c1. The van der Waals surface area contributed by atoms with Gasteiger partial charge in [0.1, 0.15) is 0 Å². The Labute approximate surface area is 122 Å². The molecule has 112 valence electrons. The average molecular weight is 290 g/mol. The number of rotatable bonds is 4. The summed E-state index contributed by atoms with van der Waals surface area (Å²) >= 11 is 0. The van der Waals surface area contributed by atoms with Crippen LogP contribution >= 0.6 is 0 Å². The second-order valence-electron chi connectivity index (χ2n) is 5.23. The Morgan fingerprint density at radius 3 is 2.33 bits per heavy atom. The lowest BCUT2D eigenvalue weighted by Gasteiger charge is -2.16. The molecule has 0 unspecified atom stereocenters. The van der Waals surface area contributed by atoms with E-state index in [0.29, 0.717) is 24.2 Å². The molecule has 0 spiro atoms.